The molecule has 0 bridgehead atoms. The largest absolute Gasteiger partial charge is 0.481 e. The molecule has 2 atom stereocenters. The zero-order valence-electron chi connectivity index (χ0n) is 6.13. The highest BCUT2D eigenvalue weighted by Gasteiger charge is 2.61. The van der Waals surface area contributed by atoms with Gasteiger partial charge >= 0.3 is 5.97 Å². The lowest BCUT2D eigenvalue weighted by Crippen LogP contribution is -2.08. The van der Waals surface area contributed by atoms with Crippen molar-refractivity contribution in [2.45, 2.75) is 26.2 Å². The summed E-state index contributed by atoms with van der Waals surface area (Å²) < 4.78 is 0. The molecular formula is C8H12O2. The smallest absolute Gasteiger partial charge is 0.307 e. The average molecular weight is 140 g/mol. The molecule has 0 amide bonds. The Morgan fingerprint density at radius 2 is 2.20 bits per heavy atom. The van der Waals surface area contributed by atoms with Crippen LogP contribution in [0.2, 0.25) is 0 Å². The normalized spacial score (nSPS) is 45.1. The number of hydrogen-bond donors (Lipinski definition) is 1. The molecule has 2 aliphatic carbocycles. The molecule has 0 aromatic carbocycles. The van der Waals surface area contributed by atoms with Crippen molar-refractivity contribution in [3.63, 3.8) is 0 Å². The highest BCUT2D eigenvalue weighted by Crippen LogP contribution is 2.65. The number of carboxylic acids is 1. The average Bonchev–Trinajstić information content (AvgIpc) is 2.49. The fourth-order valence-corrected chi connectivity index (χ4v) is 1.94. The molecule has 0 aromatic heterocycles. The molecule has 0 aromatic rings. The Labute approximate surface area is 60.2 Å². The summed E-state index contributed by atoms with van der Waals surface area (Å²) in [5.41, 5.74) is 0.200. The van der Waals surface area contributed by atoms with Gasteiger partial charge in [0, 0.05) is 0 Å². The molecule has 2 saturated carbocycles. The van der Waals surface area contributed by atoms with E-state index in [0.29, 0.717) is 0 Å². The van der Waals surface area contributed by atoms with Crippen LogP contribution in [0.15, 0.2) is 0 Å². The molecule has 0 aliphatic heterocycles. The molecule has 0 unspecified atom stereocenters. The Kier molecular flexibility index (Phi) is 0.960. The van der Waals surface area contributed by atoms with Crippen molar-refractivity contribution in [3.05, 3.63) is 0 Å². The van der Waals surface area contributed by atoms with Crippen LogP contribution in [0.4, 0.5) is 0 Å². The van der Waals surface area contributed by atoms with E-state index in [1.165, 1.54) is 12.8 Å². The molecule has 0 saturated heterocycles. The van der Waals surface area contributed by atoms with Gasteiger partial charge in [-0.05, 0) is 30.6 Å². The Morgan fingerprint density at radius 1 is 1.60 bits per heavy atom. The van der Waals surface area contributed by atoms with Gasteiger partial charge in [0.2, 0.25) is 0 Å². The van der Waals surface area contributed by atoms with E-state index in [-0.39, 0.29) is 11.3 Å². The zero-order chi connectivity index (χ0) is 7.35. The molecule has 2 rings (SSSR count). The predicted octanol–water partition coefficient (Wildman–Crippen LogP) is 1.51. The summed E-state index contributed by atoms with van der Waals surface area (Å²) in [6.45, 7) is 2.11. The molecule has 2 heteroatoms. The SMILES string of the molecule is C[C@]1(C2CC2)C[C@@H]1C(=O)O. The summed E-state index contributed by atoms with van der Waals surface area (Å²) >= 11 is 0. The van der Waals surface area contributed by atoms with Gasteiger partial charge in [-0.1, -0.05) is 6.92 Å². The molecule has 2 aliphatic rings. The van der Waals surface area contributed by atoms with Gasteiger partial charge in [-0.3, -0.25) is 4.79 Å². The summed E-state index contributed by atoms with van der Waals surface area (Å²) in [6, 6.07) is 0. The van der Waals surface area contributed by atoms with Gasteiger partial charge in [0.05, 0.1) is 5.92 Å². The van der Waals surface area contributed by atoms with E-state index in [0.717, 1.165) is 12.3 Å². The number of rotatable bonds is 2. The quantitative estimate of drug-likeness (QED) is 0.631. The Hall–Kier alpha value is -0.530. The van der Waals surface area contributed by atoms with Crippen LogP contribution in [0.5, 0.6) is 0 Å². The minimum atomic E-state index is -0.589. The fraction of sp³-hybridized carbons (Fsp3) is 0.875. The summed E-state index contributed by atoms with van der Waals surface area (Å²) in [6.07, 6.45) is 3.45. The third-order valence-electron chi connectivity index (χ3n) is 3.09. The maximum atomic E-state index is 10.5. The number of carboxylic acid groups (broad SMARTS) is 1. The minimum absolute atomic E-state index is 0.0139. The number of aliphatic carboxylic acids is 1. The number of hydrogen-bond acceptors (Lipinski definition) is 1. The van der Waals surface area contributed by atoms with Crippen molar-refractivity contribution in [1.82, 2.24) is 0 Å². The van der Waals surface area contributed by atoms with E-state index in [4.69, 9.17) is 5.11 Å². The van der Waals surface area contributed by atoms with Crippen LogP contribution < -0.4 is 0 Å². The van der Waals surface area contributed by atoms with Crippen molar-refractivity contribution in [1.29, 1.82) is 0 Å². The van der Waals surface area contributed by atoms with Gasteiger partial charge in [-0.25, -0.2) is 0 Å². The van der Waals surface area contributed by atoms with Gasteiger partial charge in [0.15, 0.2) is 0 Å². The third-order valence-corrected chi connectivity index (χ3v) is 3.09. The highest BCUT2D eigenvalue weighted by molar-refractivity contribution is 5.74. The third kappa shape index (κ3) is 0.678. The second-order valence-corrected chi connectivity index (χ2v) is 3.88. The molecule has 0 spiro atoms. The first-order valence-corrected chi connectivity index (χ1v) is 3.87. The highest BCUT2D eigenvalue weighted by atomic mass is 16.4. The van der Waals surface area contributed by atoms with E-state index in [2.05, 4.69) is 6.92 Å². The van der Waals surface area contributed by atoms with Crippen molar-refractivity contribution < 1.29 is 9.90 Å². The first-order valence-electron chi connectivity index (χ1n) is 3.87. The topological polar surface area (TPSA) is 37.3 Å². The Balaban J connectivity index is 2.02. The van der Waals surface area contributed by atoms with Crippen LogP contribution in [-0.2, 0) is 4.79 Å². The fourth-order valence-electron chi connectivity index (χ4n) is 1.94. The van der Waals surface area contributed by atoms with Crippen LogP contribution >= 0.6 is 0 Å². The van der Waals surface area contributed by atoms with Crippen LogP contribution in [0.25, 0.3) is 0 Å². The summed E-state index contributed by atoms with van der Waals surface area (Å²) in [7, 11) is 0. The van der Waals surface area contributed by atoms with E-state index in [1.807, 2.05) is 0 Å². The monoisotopic (exact) mass is 140 g/mol. The summed E-state index contributed by atoms with van der Waals surface area (Å²) in [5, 5.41) is 8.67. The van der Waals surface area contributed by atoms with E-state index < -0.39 is 5.97 Å². The van der Waals surface area contributed by atoms with Crippen LogP contribution in [0.3, 0.4) is 0 Å². The molecule has 1 N–H and O–H groups in total. The van der Waals surface area contributed by atoms with Crippen LogP contribution in [0, 0.1) is 17.3 Å². The summed E-state index contributed by atoms with van der Waals surface area (Å²) in [4.78, 5) is 10.5. The van der Waals surface area contributed by atoms with E-state index >= 15 is 0 Å². The molecule has 2 fully saturated rings. The van der Waals surface area contributed by atoms with Crippen molar-refractivity contribution in [3.8, 4) is 0 Å². The Morgan fingerprint density at radius 3 is 2.50 bits per heavy atom. The Bertz CT molecular complexity index is 184. The standard InChI is InChI=1S/C8H12O2/c1-8(5-2-3-5)4-6(8)7(9)10/h5-6H,2-4H2,1H3,(H,9,10)/t6-,8-/m1/s1. The van der Waals surface area contributed by atoms with Crippen LogP contribution in [-0.4, -0.2) is 11.1 Å². The van der Waals surface area contributed by atoms with E-state index in [1.54, 1.807) is 0 Å². The minimum Gasteiger partial charge on any atom is -0.481 e. The zero-order valence-corrected chi connectivity index (χ0v) is 6.13. The molecular weight excluding hydrogens is 128 g/mol. The molecule has 0 radical (unpaired) electrons. The molecule has 2 nitrogen and oxygen atoms in total. The lowest BCUT2D eigenvalue weighted by Gasteiger charge is -2.04. The number of carbonyl (C=O) groups is 1. The maximum absolute atomic E-state index is 10.5. The maximum Gasteiger partial charge on any atom is 0.307 e. The van der Waals surface area contributed by atoms with E-state index in [9.17, 15) is 4.79 Å². The first-order chi connectivity index (χ1) is 4.64. The summed E-state index contributed by atoms with van der Waals surface area (Å²) in [5.74, 6) is 0.142. The predicted molar refractivity (Wildman–Crippen MR) is 36.6 cm³/mol. The molecule has 56 valence electrons. The molecule has 10 heavy (non-hydrogen) atoms. The second-order valence-electron chi connectivity index (χ2n) is 3.88. The van der Waals surface area contributed by atoms with Crippen molar-refractivity contribution in [2.75, 3.05) is 0 Å². The van der Waals surface area contributed by atoms with Gasteiger partial charge < -0.3 is 5.11 Å². The van der Waals surface area contributed by atoms with Crippen LogP contribution in [0.1, 0.15) is 26.2 Å². The van der Waals surface area contributed by atoms with Gasteiger partial charge in [-0.2, -0.15) is 0 Å². The second kappa shape index (κ2) is 1.55. The molecule has 0 heterocycles. The van der Waals surface area contributed by atoms with Gasteiger partial charge in [0.25, 0.3) is 0 Å². The lowest BCUT2D eigenvalue weighted by atomic mass is 10.0. The van der Waals surface area contributed by atoms with Crippen molar-refractivity contribution >= 4 is 5.97 Å². The lowest BCUT2D eigenvalue weighted by molar-refractivity contribution is -0.139. The van der Waals surface area contributed by atoms with Gasteiger partial charge in [-0.15, -0.1) is 0 Å². The van der Waals surface area contributed by atoms with Crippen molar-refractivity contribution in [2.24, 2.45) is 17.3 Å². The van der Waals surface area contributed by atoms with Gasteiger partial charge in [0.1, 0.15) is 0 Å². The first kappa shape index (κ1) is 6.20.